The van der Waals surface area contributed by atoms with Crippen molar-refractivity contribution < 1.29 is 14.4 Å². The third-order valence-corrected chi connectivity index (χ3v) is 4.69. The van der Waals surface area contributed by atoms with Gasteiger partial charge in [0, 0.05) is 18.0 Å². The lowest BCUT2D eigenvalue weighted by atomic mass is 9.85. The van der Waals surface area contributed by atoms with E-state index in [2.05, 4.69) is 29.6 Å². The summed E-state index contributed by atoms with van der Waals surface area (Å²) in [6, 6.07) is 8.47. The highest BCUT2D eigenvalue weighted by atomic mass is 16.5. The molecular formula is C17H25N2O2+. The number of morpholine rings is 1. The molecule has 0 bridgehead atoms. The molecule has 2 N–H and O–H groups in total. The Hall–Kier alpha value is -1.39. The van der Waals surface area contributed by atoms with Crippen LogP contribution in [0.3, 0.4) is 0 Å². The molecule has 0 unspecified atom stereocenters. The maximum absolute atomic E-state index is 12.0. The van der Waals surface area contributed by atoms with Gasteiger partial charge >= 0.3 is 0 Å². The third-order valence-electron chi connectivity index (χ3n) is 4.69. The van der Waals surface area contributed by atoms with Gasteiger partial charge in [-0.05, 0) is 18.4 Å². The molecule has 1 saturated carbocycles. The summed E-state index contributed by atoms with van der Waals surface area (Å²) in [5, 5.41) is 3.11. The van der Waals surface area contributed by atoms with E-state index in [0.29, 0.717) is 6.54 Å². The van der Waals surface area contributed by atoms with Crippen molar-refractivity contribution in [2.24, 2.45) is 5.92 Å². The molecule has 0 atom stereocenters. The zero-order valence-electron chi connectivity index (χ0n) is 12.6. The third kappa shape index (κ3) is 3.83. The summed E-state index contributed by atoms with van der Waals surface area (Å²) in [6.45, 7) is 5.55. The Kier molecular flexibility index (Phi) is 4.88. The van der Waals surface area contributed by atoms with Gasteiger partial charge in [-0.1, -0.05) is 30.7 Å². The van der Waals surface area contributed by atoms with E-state index >= 15 is 0 Å². The van der Waals surface area contributed by atoms with E-state index in [9.17, 15) is 4.79 Å². The van der Waals surface area contributed by atoms with E-state index in [4.69, 9.17) is 4.74 Å². The number of carbonyl (C=O) groups excluding carboxylic acids is 1. The molecule has 1 amide bonds. The van der Waals surface area contributed by atoms with E-state index < -0.39 is 0 Å². The van der Waals surface area contributed by atoms with Crippen molar-refractivity contribution in [3.63, 3.8) is 0 Å². The minimum Gasteiger partial charge on any atom is -0.370 e. The first kappa shape index (κ1) is 14.5. The largest absolute Gasteiger partial charge is 0.370 e. The molecule has 4 heteroatoms. The molecule has 1 saturated heterocycles. The molecule has 1 aliphatic carbocycles. The Morgan fingerprint density at radius 3 is 2.57 bits per heavy atom. The topological polar surface area (TPSA) is 42.8 Å². The number of amides is 1. The number of quaternary nitrogens is 1. The quantitative estimate of drug-likeness (QED) is 0.830. The van der Waals surface area contributed by atoms with Gasteiger partial charge in [0.2, 0.25) is 5.91 Å². The monoisotopic (exact) mass is 289 g/mol. The number of ether oxygens (including phenoxy) is 1. The highest BCUT2D eigenvalue weighted by molar-refractivity contribution is 5.79. The number of hydrogen-bond donors (Lipinski definition) is 2. The van der Waals surface area contributed by atoms with Crippen LogP contribution in [0, 0.1) is 5.92 Å². The molecule has 3 rings (SSSR count). The van der Waals surface area contributed by atoms with Crippen LogP contribution in [0.5, 0.6) is 0 Å². The SMILES string of the molecule is O=C(NCc1ccccc1C[NH+]1CCOCC1)C1CCC1. The summed E-state index contributed by atoms with van der Waals surface area (Å²) in [5.41, 5.74) is 2.60. The van der Waals surface area contributed by atoms with Gasteiger partial charge < -0.3 is 15.0 Å². The van der Waals surface area contributed by atoms with Crippen LogP contribution in [0.25, 0.3) is 0 Å². The van der Waals surface area contributed by atoms with Crippen molar-refractivity contribution in [1.29, 1.82) is 0 Å². The molecule has 0 aromatic heterocycles. The highest BCUT2D eigenvalue weighted by Gasteiger charge is 2.25. The second-order valence-corrected chi connectivity index (χ2v) is 6.15. The summed E-state index contributed by atoms with van der Waals surface area (Å²) < 4.78 is 5.41. The number of carbonyl (C=O) groups is 1. The minimum atomic E-state index is 0.231. The van der Waals surface area contributed by atoms with Gasteiger partial charge in [0.25, 0.3) is 0 Å². The van der Waals surface area contributed by atoms with Gasteiger partial charge in [-0.25, -0.2) is 0 Å². The van der Waals surface area contributed by atoms with E-state index in [1.165, 1.54) is 17.5 Å². The lowest BCUT2D eigenvalue weighted by Crippen LogP contribution is -3.12. The minimum absolute atomic E-state index is 0.231. The van der Waals surface area contributed by atoms with Crippen LogP contribution in [-0.2, 0) is 22.6 Å². The molecule has 1 aromatic rings. The first-order valence-electron chi connectivity index (χ1n) is 8.09. The molecule has 114 valence electrons. The molecule has 4 nitrogen and oxygen atoms in total. The Labute approximate surface area is 126 Å². The van der Waals surface area contributed by atoms with Crippen LogP contribution in [0.4, 0.5) is 0 Å². The molecule has 0 spiro atoms. The number of hydrogen-bond acceptors (Lipinski definition) is 2. The summed E-state index contributed by atoms with van der Waals surface area (Å²) in [7, 11) is 0. The van der Waals surface area contributed by atoms with E-state index in [1.807, 2.05) is 0 Å². The van der Waals surface area contributed by atoms with Crippen molar-refractivity contribution in [2.75, 3.05) is 26.3 Å². The molecule has 1 aromatic carbocycles. The molecule has 1 heterocycles. The van der Waals surface area contributed by atoms with Gasteiger partial charge in [0.1, 0.15) is 19.6 Å². The second-order valence-electron chi connectivity index (χ2n) is 6.15. The second kappa shape index (κ2) is 7.05. The van der Waals surface area contributed by atoms with Gasteiger partial charge in [0.05, 0.1) is 13.2 Å². The van der Waals surface area contributed by atoms with Crippen LogP contribution >= 0.6 is 0 Å². The van der Waals surface area contributed by atoms with Crippen LogP contribution < -0.4 is 10.2 Å². The molecule has 1 aliphatic heterocycles. The number of rotatable bonds is 5. The number of nitrogens with one attached hydrogen (secondary N) is 2. The fraction of sp³-hybridized carbons (Fsp3) is 0.588. The van der Waals surface area contributed by atoms with Crippen molar-refractivity contribution >= 4 is 5.91 Å². The fourth-order valence-corrected chi connectivity index (χ4v) is 3.01. The Morgan fingerprint density at radius 2 is 1.90 bits per heavy atom. The maximum atomic E-state index is 12.0. The Morgan fingerprint density at radius 1 is 1.19 bits per heavy atom. The van der Waals surface area contributed by atoms with Gasteiger partial charge in [0.15, 0.2) is 0 Å². The van der Waals surface area contributed by atoms with E-state index in [1.54, 1.807) is 4.90 Å². The molecule has 2 aliphatic rings. The summed E-state index contributed by atoms with van der Waals surface area (Å²) in [4.78, 5) is 13.5. The summed E-state index contributed by atoms with van der Waals surface area (Å²) in [6.07, 6.45) is 3.33. The van der Waals surface area contributed by atoms with Crippen LogP contribution in [0.1, 0.15) is 30.4 Å². The van der Waals surface area contributed by atoms with Crippen LogP contribution in [-0.4, -0.2) is 32.2 Å². The molecule has 0 radical (unpaired) electrons. The molecular weight excluding hydrogens is 264 g/mol. The normalized spacial score (nSPS) is 20.0. The van der Waals surface area contributed by atoms with Crippen LogP contribution in [0.2, 0.25) is 0 Å². The zero-order chi connectivity index (χ0) is 14.5. The van der Waals surface area contributed by atoms with E-state index in [0.717, 1.165) is 45.7 Å². The standard InChI is InChI=1S/C17H24N2O2/c20-17(14-6-3-7-14)18-12-15-4-1-2-5-16(15)13-19-8-10-21-11-9-19/h1-2,4-5,14H,3,6-13H2,(H,18,20)/p+1. The fourth-order valence-electron chi connectivity index (χ4n) is 3.01. The zero-order valence-corrected chi connectivity index (χ0v) is 12.6. The maximum Gasteiger partial charge on any atom is 0.223 e. The average molecular weight is 289 g/mol. The summed E-state index contributed by atoms with van der Waals surface area (Å²) >= 11 is 0. The lowest BCUT2D eigenvalue weighted by Gasteiger charge is -2.26. The molecule has 2 fully saturated rings. The first-order chi connectivity index (χ1) is 10.3. The Balaban J connectivity index is 1.57. The van der Waals surface area contributed by atoms with Gasteiger partial charge in [-0.15, -0.1) is 0 Å². The summed E-state index contributed by atoms with van der Waals surface area (Å²) in [5.74, 6) is 0.497. The van der Waals surface area contributed by atoms with Crippen molar-refractivity contribution in [3.05, 3.63) is 35.4 Å². The van der Waals surface area contributed by atoms with E-state index in [-0.39, 0.29) is 11.8 Å². The lowest BCUT2D eigenvalue weighted by molar-refractivity contribution is -0.921. The smallest absolute Gasteiger partial charge is 0.223 e. The van der Waals surface area contributed by atoms with Gasteiger partial charge in [-0.3, -0.25) is 4.79 Å². The van der Waals surface area contributed by atoms with Gasteiger partial charge in [-0.2, -0.15) is 0 Å². The predicted molar refractivity (Wildman–Crippen MR) is 80.8 cm³/mol. The highest BCUT2D eigenvalue weighted by Crippen LogP contribution is 2.26. The van der Waals surface area contributed by atoms with Crippen LogP contribution in [0.15, 0.2) is 24.3 Å². The van der Waals surface area contributed by atoms with Crippen molar-refractivity contribution in [3.8, 4) is 0 Å². The first-order valence-corrected chi connectivity index (χ1v) is 8.09. The predicted octanol–water partition coefficient (Wildman–Crippen LogP) is 0.518. The Bertz CT molecular complexity index is 479. The van der Waals surface area contributed by atoms with Crippen molar-refractivity contribution in [2.45, 2.75) is 32.4 Å². The number of benzene rings is 1. The average Bonchev–Trinajstić information content (AvgIpc) is 2.46. The van der Waals surface area contributed by atoms with Crippen molar-refractivity contribution in [1.82, 2.24) is 5.32 Å². The molecule has 21 heavy (non-hydrogen) atoms.